The first kappa shape index (κ1) is 31.3. The molecule has 0 aromatic heterocycles. The van der Waals surface area contributed by atoms with Crippen molar-refractivity contribution in [2.45, 2.75) is 40.7 Å². The van der Waals surface area contributed by atoms with Gasteiger partial charge in [0.15, 0.2) is 0 Å². The van der Waals surface area contributed by atoms with Gasteiger partial charge in [-0.3, -0.25) is 4.79 Å². The van der Waals surface area contributed by atoms with Crippen molar-refractivity contribution in [3.05, 3.63) is 69.8 Å². The van der Waals surface area contributed by atoms with E-state index in [2.05, 4.69) is 5.32 Å². The number of nitrogens with one attached hydrogen (secondary N) is 1. The molecule has 0 heterocycles. The standard InChI is InChI=1S/C30H31NO11/c1-13(2)26(28(36)37)31-27(35)23-14(3)8-18(11-20(23)32)41-30(39)25-16(5)9-19(12-22(25)34)42-29(38)24-15(4)7-17(40-6)10-21(24)33/h7-13,26,32-34H,1-6H3,(H,31,35)(H,36,37)/t26-/m0/s1. The highest BCUT2D eigenvalue weighted by Crippen LogP contribution is 2.33. The lowest BCUT2D eigenvalue weighted by Gasteiger charge is -2.19. The number of phenolic OH excluding ortho intramolecular Hbond substituents is 3. The molecular formula is C30H31NO11. The molecule has 12 heteroatoms. The van der Waals surface area contributed by atoms with Crippen LogP contribution in [0.5, 0.6) is 34.5 Å². The van der Waals surface area contributed by atoms with Crippen molar-refractivity contribution in [3.8, 4) is 34.5 Å². The Morgan fingerprint density at radius 1 is 0.667 bits per heavy atom. The number of aryl methyl sites for hydroxylation is 3. The van der Waals surface area contributed by atoms with Gasteiger partial charge in [0.05, 0.1) is 12.7 Å². The number of amides is 1. The first-order valence-corrected chi connectivity index (χ1v) is 12.7. The number of hydrogen-bond donors (Lipinski definition) is 5. The largest absolute Gasteiger partial charge is 0.507 e. The fourth-order valence-electron chi connectivity index (χ4n) is 4.31. The molecule has 0 bridgehead atoms. The van der Waals surface area contributed by atoms with Crippen molar-refractivity contribution in [1.29, 1.82) is 0 Å². The van der Waals surface area contributed by atoms with Gasteiger partial charge in [-0.2, -0.15) is 0 Å². The number of aromatic hydroxyl groups is 3. The molecule has 0 unspecified atom stereocenters. The number of carbonyl (C=O) groups excluding carboxylic acids is 3. The second-order valence-corrected chi connectivity index (χ2v) is 9.92. The minimum absolute atomic E-state index is 0.105. The predicted molar refractivity (Wildman–Crippen MR) is 149 cm³/mol. The summed E-state index contributed by atoms with van der Waals surface area (Å²) in [5.41, 5.74) is 0.226. The molecule has 3 rings (SSSR count). The molecule has 0 saturated heterocycles. The van der Waals surface area contributed by atoms with Gasteiger partial charge in [-0.05, 0) is 61.6 Å². The Labute approximate surface area is 241 Å². The van der Waals surface area contributed by atoms with Crippen LogP contribution in [-0.2, 0) is 4.79 Å². The third-order valence-corrected chi connectivity index (χ3v) is 6.38. The molecule has 1 amide bonds. The Kier molecular flexibility index (Phi) is 9.31. The molecule has 1 atom stereocenters. The van der Waals surface area contributed by atoms with Crippen LogP contribution in [0.3, 0.4) is 0 Å². The van der Waals surface area contributed by atoms with E-state index in [0.29, 0.717) is 11.3 Å². The highest BCUT2D eigenvalue weighted by Gasteiger charge is 2.27. The molecule has 222 valence electrons. The van der Waals surface area contributed by atoms with Crippen LogP contribution >= 0.6 is 0 Å². The van der Waals surface area contributed by atoms with E-state index in [1.165, 1.54) is 45.2 Å². The van der Waals surface area contributed by atoms with Crippen LogP contribution in [0.25, 0.3) is 0 Å². The Bertz CT molecular complexity index is 1510. The van der Waals surface area contributed by atoms with Crippen molar-refractivity contribution < 1.29 is 53.8 Å². The van der Waals surface area contributed by atoms with Crippen molar-refractivity contribution in [2.75, 3.05) is 7.11 Å². The number of benzene rings is 3. The topological polar surface area (TPSA) is 189 Å². The second kappa shape index (κ2) is 12.5. The van der Waals surface area contributed by atoms with Gasteiger partial charge in [0.25, 0.3) is 5.91 Å². The number of rotatable bonds is 9. The van der Waals surface area contributed by atoms with Crippen molar-refractivity contribution in [2.24, 2.45) is 5.92 Å². The molecule has 0 spiro atoms. The zero-order valence-corrected chi connectivity index (χ0v) is 23.8. The summed E-state index contributed by atoms with van der Waals surface area (Å²) in [5.74, 6) is -5.76. The Morgan fingerprint density at radius 2 is 1.05 bits per heavy atom. The Balaban J connectivity index is 1.81. The van der Waals surface area contributed by atoms with Crippen LogP contribution in [0.15, 0.2) is 36.4 Å². The summed E-state index contributed by atoms with van der Waals surface area (Å²) < 4.78 is 15.7. The number of hydrogen-bond acceptors (Lipinski definition) is 10. The van der Waals surface area contributed by atoms with E-state index in [0.717, 1.165) is 12.1 Å². The SMILES string of the molecule is COc1cc(C)c(C(=O)Oc2cc(C)c(C(=O)Oc3cc(C)c(C(=O)N[C@H](C(=O)O)C(C)C)c(O)c3)c(O)c2)c(O)c1. The summed E-state index contributed by atoms with van der Waals surface area (Å²) in [4.78, 5) is 49.8. The first-order chi connectivity index (χ1) is 19.6. The molecule has 3 aromatic carbocycles. The molecule has 3 aromatic rings. The lowest BCUT2D eigenvalue weighted by molar-refractivity contribution is -0.140. The van der Waals surface area contributed by atoms with Gasteiger partial charge in [0.2, 0.25) is 0 Å². The van der Waals surface area contributed by atoms with E-state index in [4.69, 9.17) is 14.2 Å². The monoisotopic (exact) mass is 581 g/mol. The number of phenols is 3. The van der Waals surface area contributed by atoms with Crippen LogP contribution in [0.2, 0.25) is 0 Å². The van der Waals surface area contributed by atoms with E-state index in [-0.39, 0.29) is 45.1 Å². The zero-order chi connectivity index (χ0) is 31.5. The lowest BCUT2D eigenvalue weighted by atomic mass is 10.0. The number of carboxylic acid groups (broad SMARTS) is 1. The van der Waals surface area contributed by atoms with Crippen LogP contribution in [0.4, 0.5) is 0 Å². The summed E-state index contributed by atoms with van der Waals surface area (Å²) in [5, 5.41) is 43.0. The predicted octanol–water partition coefficient (Wildman–Crippen LogP) is 4.01. The van der Waals surface area contributed by atoms with E-state index in [9.17, 15) is 39.6 Å². The summed E-state index contributed by atoms with van der Waals surface area (Å²) in [6, 6.07) is 6.25. The maximum atomic E-state index is 12.9. The van der Waals surface area contributed by atoms with Crippen molar-refractivity contribution >= 4 is 23.8 Å². The lowest BCUT2D eigenvalue weighted by Crippen LogP contribution is -2.44. The highest BCUT2D eigenvalue weighted by molar-refractivity contribution is 6.01. The van der Waals surface area contributed by atoms with Gasteiger partial charge < -0.3 is 40.0 Å². The van der Waals surface area contributed by atoms with Crippen LogP contribution in [0, 0.1) is 26.7 Å². The minimum Gasteiger partial charge on any atom is -0.507 e. The van der Waals surface area contributed by atoms with E-state index < -0.39 is 47.3 Å². The van der Waals surface area contributed by atoms with Crippen LogP contribution < -0.4 is 19.5 Å². The van der Waals surface area contributed by atoms with Crippen LogP contribution in [-0.4, -0.2) is 57.4 Å². The molecule has 0 aliphatic rings. The van der Waals surface area contributed by atoms with Gasteiger partial charge in [-0.25, -0.2) is 14.4 Å². The minimum atomic E-state index is -1.23. The molecule has 5 N–H and O–H groups in total. The van der Waals surface area contributed by atoms with Gasteiger partial charge in [-0.1, -0.05) is 13.8 Å². The molecule has 0 fully saturated rings. The first-order valence-electron chi connectivity index (χ1n) is 12.7. The molecule has 0 aliphatic carbocycles. The van der Waals surface area contributed by atoms with Gasteiger partial charge >= 0.3 is 17.9 Å². The smallest absolute Gasteiger partial charge is 0.347 e. The van der Waals surface area contributed by atoms with E-state index in [1.807, 2.05) is 0 Å². The molecule has 12 nitrogen and oxygen atoms in total. The maximum Gasteiger partial charge on any atom is 0.347 e. The number of ether oxygens (including phenoxy) is 3. The normalized spacial score (nSPS) is 11.5. The van der Waals surface area contributed by atoms with E-state index in [1.54, 1.807) is 20.8 Å². The molecule has 0 aliphatic heterocycles. The Hall–Kier alpha value is -5.26. The van der Waals surface area contributed by atoms with Crippen molar-refractivity contribution in [3.63, 3.8) is 0 Å². The summed E-state index contributed by atoms with van der Waals surface area (Å²) in [6.45, 7) is 7.75. The van der Waals surface area contributed by atoms with Crippen molar-refractivity contribution in [1.82, 2.24) is 5.32 Å². The maximum absolute atomic E-state index is 12.9. The third-order valence-electron chi connectivity index (χ3n) is 6.38. The van der Waals surface area contributed by atoms with E-state index >= 15 is 0 Å². The molecule has 42 heavy (non-hydrogen) atoms. The number of carboxylic acids is 1. The Morgan fingerprint density at radius 3 is 1.40 bits per heavy atom. The molecule has 0 saturated carbocycles. The number of esters is 2. The number of aliphatic carboxylic acids is 1. The summed E-state index contributed by atoms with van der Waals surface area (Å²) in [6.07, 6.45) is 0. The fourth-order valence-corrected chi connectivity index (χ4v) is 4.31. The average Bonchev–Trinajstić information content (AvgIpc) is 2.85. The summed E-state index contributed by atoms with van der Waals surface area (Å²) in [7, 11) is 1.41. The summed E-state index contributed by atoms with van der Waals surface area (Å²) >= 11 is 0. The average molecular weight is 582 g/mol. The number of methoxy groups -OCH3 is 1. The van der Waals surface area contributed by atoms with Gasteiger partial charge in [0.1, 0.15) is 51.7 Å². The second-order valence-electron chi connectivity index (χ2n) is 9.92. The molecule has 0 radical (unpaired) electrons. The quantitative estimate of drug-likeness (QED) is 0.181. The van der Waals surface area contributed by atoms with Crippen LogP contribution in [0.1, 0.15) is 61.6 Å². The van der Waals surface area contributed by atoms with Gasteiger partial charge in [0, 0.05) is 18.2 Å². The zero-order valence-electron chi connectivity index (χ0n) is 23.8. The molecular weight excluding hydrogens is 550 g/mol. The number of carbonyl (C=O) groups is 4. The fraction of sp³-hybridized carbons (Fsp3) is 0.267. The van der Waals surface area contributed by atoms with Gasteiger partial charge in [-0.15, -0.1) is 0 Å². The third kappa shape index (κ3) is 6.72. The highest BCUT2D eigenvalue weighted by atomic mass is 16.5.